The van der Waals surface area contributed by atoms with Gasteiger partial charge in [0.25, 0.3) is 0 Å². The summed E-state index contributed by atoms with van der Waals surface area (Å²) >= 11 is 0. The number of ether oxygens (including phenoxy) is 1. The van der Waals surface area contributed by atoms with E-state index >= 15 is 4.39 Å². The quantitative estimate of drug-likeness (QED) is 0.319. The lowest BCUT2D eigenvalue weighted by Gasteiger charge is -2.28. The van der Waals surface area contributed by atoms with Crippen LogP contribution in [-0.4, -0.2) is 43.5 Å². The second-order valence-corrected chi connectivity index (χ2v) is 11.0. The first-order valence-corrected chi connectivity index (χ1v) is 13.7. The van der Waals surface area contributed by atoms with Crippen molar-refractivity contribution in [3.63, 3.8) is 0 Å². The van der Waals surface area contributed by atoms with Crippen molar-refractivity contribution >= 4 is 34.2 Å². The molecule has 7 heteroatoms. The molecular weight excluding hydrogens is 495 g/mol. The number of furan rings is 1. The van der Waals surface area contributed by atoms with Crippen molar-refractivity contribution in [2.45, 2.75) is 45.4 Å². The number of amides is 2. The zero-order chi connectivity index (χ0) is 27.1. The standard InChI is InChI=1S/C32H33FN2O4/c1-32(14-15-32)13-12-27(36)34-16-7-8-21(20-34)23-18-24(22-9-3-4-10-26(22)38-2)31-25(30(23)33)19-29(39-31)35-17-6-5-11-28(35)37/h3-4,8-10,14-15,18-19H,5-7,11-13,16-17,20H2,1-2H3. The molecule has 2 aliphatic heterocycles. The number of methoxy groups -OCH3 is 1. The fraction of sp³-hybridized carbons (Fsp3) is 0.375. The molecule has 0 unspecified atom stereocenters. The number of halogens is 1. The van der Waals surface area contributed by atoms with Crippen LogP contribution in [0.3, 0.4) is 0 Å². The molecule has 0 bridgehead atoms. The van der Waals surface area contributed by atoms with E-state index in [9.17, 15) is 9.59 Å². The van der Waals surface area contributed by atoms with E-state index in [-0.39, 0.29) is 17.2 Å². The van der Waals surface area contributed by atoms with Crippen molar-refractivity contribution in [1.29, 1.82) is 0 Å². The van der Waals surface area contributed by atoms with Gasteiger partial charge in [0.15, 0.2) is 0 Å². The molecule has 0 N–H and O–H groups in total. The highest BCUT2D eigenvalue weighted by molar-refractivity contribution is 6.01. The van der Waals surface area contributed by atoms with Crippen molar-refractivity contribution in [1.82, 2.24) is 4.90 Å². The third kappa shape index (κ3) is 4.86. The maximum absolute atomic E-state index is 16.3. The molecule has 39 heavy (non-hydrogen) atoms. The summed E-state index contributed by atoms with van der Waals surface area (Å²) in [4.78, 5) is 29.1. The summed E-state index contributed by atoms with van der Waals surface area (Å²) in [7, 11) is 1.60. The monoisotopic (exact) mass is 528 g/mol. The summed E-state index contributed by atoms with van der Waals surface area (Å²) in [5, 5.41) is 0.318. The van der Waals surface area contributed by atoms with Crippen LogP contribution >= 0.6 is 0 Å². The number of anilines is 1. The van der Waals surface area contributed by atoms with Gasteiger partial charge in [-0.3, -0.25) is 14.5 Å². The van der Waals surface area contributed by atoms with Gasteiger partial charge in [0, 0.05) is 60.6 Å². The molecule has 3 aromatic rings. The third-order valence-electron chi connectivity index (χ3n) is 8.17. The molecule has 0 saturated carbocycles. The van der Waals surface area contributed by atoms with E-state index in [2.05, 4.69) is 19.1 Å². The largest absolute Gasteiger partial charge is 0.496 e. The Labute approximate surface area is 227 Å². The molecule has 0 radical (unpaired) electrons. The molecule has 1 aliphatic carbocycles. The summed E-state index contributed by atoms with van der Waals surface area (Å²) in [5.74, 6) is 0.673. The number of allylic oxidation sites excluding steroid dienone is 2. The number of fused-ring (bicyclic) bond motifs is 1. The molecule has 1 fully saturated rings. The Morgan fingerprint density at radius 2 is 1.92 bits per heavy atom. The number of benzene rings is 2. The fourth-order valence-electron chi connectivity index (χ4n) is 5.63. The Morgan fingerprint density at radius 1 is 1.10 bits per heavy atom. The van der Waals surface area contributed by atoms with Gasteiger partial charge in [0.1, 0.15) is 17.1 Å². The molecule has 0 atom stereocenters. The highest BCUT2D eigenvalue weighted by atomic mass is 19.1. The van der Waals surface area contributed by atoms with E-state index in [4.69, 9.17) is 9.15 Å². The minimum atomic E-state index is -0.404. The van der Waals surface area contributed by atoms with Gasteiger partial charge in [-0.1, -0.05) is 43.4 Å². The number of hydrogen-bond acceptors (Lipinski definition) is 4. The van der Waals surface area contributed by atoms with Crippen LogP contribution in [0.5, 0.6) is 5.75 Å². The number of carbonyl (C=O) groups is 2. The van der Waals surface area contributed by atoms with Crippen LogP contribution in [0, 0.1) is 11.2 Å². The Bertz CT molecular complexity index is 1510. The van der Waals surface area contributed by atoms with Crippen molar-refractivity contribution in [3.8, 4) is 16.9 Å². The maximum Gasteiger partial charge on any atom is 0.229 e. The SMILES string of the molecule is COc1ccccc1-c1cc(C2=CCCN(C(=O)CCC3(C)C=C3)C2)c(F)c2cc(N3CCCCC3=O)oc12. The lowest BCUT2D eigenvalue weighted by atomic mass is 9.93. The molecule has 3 aliphatic rings. The average Bonchev–Trinajstić information content (AvgIpc) is 3.53. The number of hydrogen-bond donors (Lipinski definition) is 0. The number of nitrogens with zero attached hydrogens (tertiary/aromatic N) is 2. The zero-order valence-corrected chi connectivity index (χ0v) is 22.5. The fourth-order valence-corrected chi connectivity index (χ4v) is 5.63. The summed E-state index contributed by atoms with van der Waals surface area (Å²) in [6.07, 6.45) is 10.4. The van der Waals surface area contributed by atoms with Gasteiger partial charge >= 0.3 is 0 Å². The van der Waals surface area contributed by atoms with Crippen LogP contribution < -0.4 is 9.64 Å². The zero-order valence-electron chi connectivity index (χ0n) is 22.5. The first-order chi connectivity index (χ1) is 18.9. The predicted molar refractivity (Wildman–Crippen MR) is 150 cm³/mol. The summed E-state index contributed by atoms with van der Waals surface area (Å²) in [6, 6.07) is 11.0. The van der Waals surface area contributed by atoms with E-state index in [1.807, 2.05) is 35.2 Å². The van der Waals surface area contributed by atoms with Gasteiger partial charge in [-0.05, 0) is 43.4 Å². The van der Waals surface area contributed by atoms with Crippen molar-refractivity contribution in [2.75, 3.05) is 31.6 Å². The average molecular weight is 529 g/mol. The van der Waals surface area contributed by atoms with Gasteiger partial charge in [0.05, 0.1) is 12.5 Å². The van der Waals surface area contributed by atoms with Gasteiger partial charge in [-0.25, -0.2) is 4.39 Å². The van der Waals surface area contributed by atoms with Gasteiger partial charge in [0.2, 0.25) is 17.7 Å². The third-order valence-corrected chi connectivity index (χ3v) is 8.17. The molecule has 6 nitrogen and oxygen atoms in total. The maximum atomic E-state index is 16.3. The van der Waals surface area contributed by atoms with E-state index in [1.54, 1.807) is 24.1 Å². The van der Waals surface area contributed by atoms with Crippen LogP contribution in [0.15, 0.2) is 59.0 Å². The number of para-hydroxylation sites is 1. The van der Waals surface area contributed by atoms with Crippen LogP contribution in [0.1, 0.15) is 51.0 Å². The summed E-state index contributed by atoms with van der Waals surface area (Å²) in [5.41, 5.74) is 3.12. The Hall–Kier alpha value is -3.87. The lowest BCUT2D eigenvalue weighted by molar-refractivity contribution is -0.131. The number of rotatable bonds is 7. The molecular formula is C32H33FN2O4. The summed E-state index contributed by atoms with van der Waals surface area (Å²) in [6.45, 7) is 3.66. The van der Waals surface area contributed by atoms with E-state index < -0.39 is 5.82 Å². The first-order valence-electron chi connectivity index (χ1n) is 13.7. The van der Waals surface area contributed by atoms with Crippen LogP contribution in [0.25, 0.3) is 27.7 Å². The predicted octanol–water partition coefficient (Wildman–Crippen LogP) is 6.74. The number of carbonyl (C=O) groups excluding carboxylic acids is 2. The number of piperidine rings is 1. The minimum Gasteiger partial charge on any atom is -0.496 e. The van der Waals surface area contributed by atoms with E-state index in [0.717, 1.165) is 30.4 Å². The second kappa shape index (κ2) is 10.0. The normalized spacial score (nSPS) is 18.4. The van der Waals surface area contributed by atoms with Crippen molar-refractivity contribution < 1.29 is 23.1 Å². The topological polar surface area (TPSA) is 63.0 Å². The van der Waals surface area contributed by atoms with Crippen molar-refractivity contribution in [3.05, 3.63) is 66.0 Å². The minimum absolute atomic E-state index is 0.0146. The highest BCUT2D eigenvalue weighted by Crippen LogP contribution is 2.43. The second-order valence-electron chi connectivity index (χ2n) is 11.0. The van der Waals surface area contributed by atoms with Gasteiger partial charge in [-0.15, -0.1) is 0 Å². The first kappa shape index (κ1) is 25.4. The molecule has 6 rings (SSSR count). The Morgan fingerprint density at radius 3 is 2.69 bits per heavy atom. The van der Waals surface area contributed by atoms with Crippen LogP contribution in [-0.2, 0) is 9.59 Å². The molecule has 3 heterocycles. The molecule has 202 valence electrons. The van der Waals surface area contributed by atoms with Crippen LogP contribution in [0.4, 0.5) is 10.3 Å². The molecule has 0 spiro atoms. The van der Waals surface area contributed by atoms with Gasteiger partial charge in [-0.2, -0.15) is 0 Å². The highest BCUT2D eigenvalue weighted by Gasteiger charge is 2.31. The molecule has 2 aromatic carbocycles. The van der Waals surface area contributed by atoms with Gasteiger partial charge < -0.3 is 14.1 Å². The molecule has 1 aromatic heterocycles. The lowest BCUT2D eigenvalue weighted by Crippen LogP contribution is -2.35. The Kier molecular flexibility index (Phi) is 6.53. The molecule has 1 saturated heterocycles. The van der Waals surface area contributed by atoms with E-state index in [0.29, 0.717) is 72.6 Å². The summed E-state index contributed by atoms with van der Waals surface area (Å²) < 4.78 is 28.2. The Balaban J connectivity index is 1.41. The van der Waals surface area contributed by atoms with E-state index in [1.165, 1.54) is 0 Å². The van der Waals surface area contributed by atoms with Crippen molar-refractivity contribution in [2.24, 2.45) is 5.41 Å². The van der Waals surface area contributed by atoms with Crippen LogP contribution in [0.2, 0.25) is 0 Å². The smallest absolute Gasteiger partial charge is 0.229 e. The molecule has 2 amide bonds.